The molecular weight excluding hydrogens is 294 g/mol. The molecule has 3 aromatic heterocycles. The summed E-state index contributed by atoms with van der Waals surface area (Å²) in [6.45, 7) is 4.08. The van der Waals surface area contributed by atoms with Crippen LogP contribution in [-0.2, 0) is 13.1 Å². The molecule has 3 aromatic rings. The predicted octanol–water partition coefficient (Wildman–Crippen LogP) is 1.94. The average molecular weight is 311 g/mol. The largest absolute Gasteiger partial charge is 0.472 e. The van der Waals surface area contributed by atoms with Crippen LogP contribution in [0, 0.1) is 0 Å². The summed E-state index contributed by atoms with van der Waals surface area (Å²) in [5.41, 5.74) is 1.68. The van der Waals surface area contributed by atoms with E-state index in [2.05, 4.69) is 14.6 Å². The molecule has 1 aliphatic rings. The zero-order valence-electron chi connectivity index (χ0n) is 12.8. The van der Waals surface area contributed by atoms with Crippen molar-refractivity contribution in [2.24, 2.45) is 0 Å². The quantitative estimate of drug-likeness (QED) is 0.741. The average Bonchev–Trinajstić information content (AvgIpc) is 3.30. The summed E-state index contributed by atoms with van der Waals surface area (Å²) in [6, 6.07) is 3.53. The van der Waals surface area contributed by atoms with Gasteiger partial charge in [0.05, 0.1) is 36.3 Å². The molecule has 4 rings (SSSR count). The molecule has 7 nitrogen and oxygen atoms in total. The first-order chi connectivity index (χ1) is 11.2. The Morgan fingerprint density at radius 1 is 1.43 bits per heavy atom. The number of imidazole rings is 1. The molecule has 7 heteroatoms. The zero-order valence-corrected chi connectivity index (χ0v) is 12.8. The van der Waals surface area contributed by atoms with E-state index in [1.165, 1.54) is 12.5 Å². The van der Waals surface area contributed by atoms with E-state index in [9.17, 15) is 4.79 Å². The summed E-state index contributed by atoms with van der Waals surface area (Å²) in [5.74, 6) is 0.893. The minimum Gasteiger partial charge on any atom is -0.472 e. The molecule has 0 bridgehead atoms. The maximum absolute atomic E-state index is 12.6. The summed E-state index contributed by atoms with van der Waals surface area (Å²) in [6.07, 6.45) is 8.58. The number of carbonyl (C=O) groups excluding carboxylic acids is 1. The van der Waals surface area contributed by atoms with Gasteiger partial charge < -0.3 is 13.9 Å². The highest BCUT2D eigenvalue weighted by atomic mass is 16.3. The minimum absolute atomic E-state index is 0.0193. The van der Waals surface area contributed by atoms with E-state index in [1.54, 1.807) is 12.3 Å². The summed E-state index contributed by atoms with van der Waals surface area (Å²) in [5, 5.41) is 4.24. The Hall–Kier alpha value is -2.83. The molecule has 0 fully saturated rings. The first kappa shape index (κ1) is 13.8. The lowest BCUT2D eigenvalue weighted by atomic mass is 10.1. The Balaban J connectivity index is 1.59. The third-order valence-corrected chi connectivity index (χ3v) is 4.29. The van der Waals surface area contributed by atoms with E-state index in [1.807, 2.05) is 35.0 Å². The highest BCUT2D eigenvalue weighted by Crippen LogP contribution is 2.27. The molecule has 4 heterocycles. The molecule has 0 unspecified atom stereocenters. The zero-order chi connectivity index (χ0) is 15.8. The summed E-state index contributed by atoms with van der Waals surface area (Å²) < 4.78 is 9.07. The van der Waals surface area contributed by atoms with Crippen molar-refractivity contribution < 1.29 is 9.21 Å². The fourth-order valence-electron chi connectivity index (χ4n) is 3.08. The number of aromatic nitrogens is 4. The van der Waals surface area contributed by atoms with Gasteiger partial charge in [-0.1, -0.05) is 0 Å². The van der Waals surface area contributed by atoms with Gasteiger partial charge in [-0.2, -0.15) is 5.10 Å². The van der Waals surface area contributed by atoms with Crippen molar-refractivity contribution >= 4 is 5.91 Å². The third-order valence-electron chi connectivity index (χ3n) is 4.29. The molecule has 0 aliphatic carbocycles. The van der Waals surface area contributed by atoms with Crippen LogP contribution in [0.15, 0.2) is 47.7 Å². The lowest BCUT2D eigenvalue weighted by Crippen LogP contribution is -2.41. The summed E-state index contributed by atoms with van der Waals surface area (Å²) >= 11 is 0. The van der Waals surface area contributed by atoms with Crippen LogP contribution in [0.5, 0.6) is 0 Å². The minimum atomic E-state index is -0.0717. The van der Waals surface area contributed by atoms with Crippen molar-refractivity contribution in [3.63, 3.8) is 0 Å². The molecule has 1 atom stereocenters. The van der Waals surface area contributed by atoms with Gasteiger partial charge in [-0.25, -0.2) is 4.98 Å². The Bertz CT molecular complexity index is 804. The highest BCUT2D eigenvalue weighted by Gasteiger charge is 2.31. The van der Waals surface area contributed by atoms with E-state index < -0.39 is 0 Å². The maximum atomic E-state index is 12.6. The third kappa shape index (κ3) is 2.34. The molecule has 1 aliphatic heterocycles. The molecule has 23 heavy (non-hydrogen) atoms. The number of fused-ring (bicyclic) bond motifs is 1. The number of hydrogen-bond acceptors (Lipinski definition) is 4. The Labute approximate surface area is 133 Å². The predicted molar refractivity (Wildman–Crippen MR) is 81.7 cm³/mol. The summed E-state index contributed by atoms with van der Waals surface area (Å²) in [4.78, 5) is 18.9. The van der Waals surface area contributed by atoms with Gasteiger partial charge in [0.25, 0.3) is 5.91 Å². The number of rotatable bonds is 3. The van der Waals surface area contributed by atoms with Gasteiger partial charge in [-0.3, -0.25) is 9.48 Å². The van der Waals surface area contributed by atoms with Crippen LogP contribution < -0.4 is 0 Å². The van der Waals surface area contributed by atoms with E-state index in [-0.39, 0.29) is 11.9 Å². The standard InChI is InChI=1S/C16H17N5O2/c1-12-15-17-9-14(10-19-5-2-4-18-19)21(15)7-6-20(12)16(22)13-3-8-23-11-13/h2-5,8-9,11-12H,6-7,10H2,1H3/t12-/m1/s1. The molecule has 0 saturated carbocycles. The topological polar surface area (TPSA) is 69.1 Å². The summed E-state index contributed by atoms with van der Waals surface area (Å²) in [7, 11) is 0. The fraction of sp³-hybridized carbons (Fsp3) is 0.312. The first-order valence-electron chi connectivity index (χ1n) is 7.59. The molecule has 0 aromatic carbocycles. The molecule has 0 spiro atoms. The number of furan rings is 1. The molecule has 1 amide bonds. The van der Waals surface area contributed by atoms with Gasteiger partial charge in [-0.05, 0) is 19.1 Å². The van der Waals surface area contributed by atoms with Gasteiger partial charge in [0.2, 0.25) is 0 Å². The Morgan fingerprint density at radius 3 is 3.09 bits per heavy atom. The van der Waals surface area contributed by atoms with Crippen molar-refractivity contribution in [3.05, 3.63) is 60.3 Å². The van der Waals surface area contributed by atoms with Gasteiger partial charge >= 0.3 is 0 Å². The van der Waals surface area contributed by atoms with Crippen LogP contribution in [-0.4, -0.2) is 36.7 Å². The van der Waals surface area contributed by atoms with Crippen LogP contribution in [0.3, 0.4) is 0 Å². The number of amides is 1. The van der Waals surface area contributed by atoms with Gasteiger partial charge in [0.15, 0.2) is 0 Å². The second kappa shape index (κ2) is 5.42. The van der Waals surface area contributed by atoms with Crippen molar-refractivity contribution in [1.82, 2.24) is 24.2 Å². The Kier molecular flexibility index (Phi) is 3.25. The van der Waals surface area contributed by atoms with Gasteiger partial charge in [0, 0.05) is 25.5 Å². The molecule has 118 valence electrons. The smallest absolute Gasteiger partial charge is 0.257 e. The second-order valence-electron chi connectivity index (χ2n) is 5.65. The van der Waals surface area contributed by atoms with E-state index >= 15 is 0 Å². The maximum Gasteiger partial charge on any atom is 0.257 e. The molecule has 0 radical (unpaired) electrons. The van der Waals surface area contributed by atoms with Crippen LogP contribution in [0.25, 0.3) is 0 Å². The highest BCUT2D eigenvalue weighted by molar-refractivity contribution is 5.94. The number of nitrogens with zero attached hydrogens (tertiary/aromatic N) is 5. The van der Waals surface area contributed by atoms with Crippen molar-refractivity contribution in [1.29, 1.82) is 0 Å². The van der Waals surface area contributed by atoms with Crippen molar-refractivity contribution in [2.45, 2.75) is 26.1 Å². The van der Waals surface area contributed by atoms with Crippen LogP contribution in [0.4, 0.5) is 0 Å². The Morgan fingerprint density at radius 2 is 2.35 bits per heavy atom. The lowest BCUT2D eigenvalue weighted by molar-refractivity contribution is 0.0635. The van der Waals surface area contributed by atoms with Gasteiger partial charge in [0.1, 0.15) is 12.1 Å². The normalized spacial score (nSPS) is 17.3. The molecule has 0 N–H and O–H groups in total. The van der Waals surface area contributed by atoms with Crippen molar-refractivity contribution in [3.8, 4) is 0 Å². The van der Waals surface area contributed by atoms with Gasteiger partial charge in [-0.15, -0.1) is 0 Å². The monoisotopic (exact) mass is 311 g/mol. The second-order valence-corrected chi connectivity index (χ2v) is 5.65. The SMILES string of the molecule is C[C@@H]1c2ncc(Cn3cccn3)n2CCN1C(=O)c1ccoc1. The van der Waals surface area contributed by atoms with E-state index in [0.29, 0.717) is 18.7 Å². The molecular formula is C16H17N5O2. The van der Waals surface area contributed by atoms with Crippen LogP contribution in [0.2, 0.25) is 0 Å². The lowest BCUT2D eigenvalue weighted by Gasteiger charge is -2.34. The van der Waals surface area contributed by atoms with E-state index in [4.69, 9.17) is 4.42 Å². The first-order valence-corrected chi connectivity index (χ1v) is 7.59. The van der Waals surface area contributed by atoms with Crippen LogP contribution >= 0.6 is 0 Å². The van der Waals surface area contributed by atoms with Crippen LogP contribution in [0.1, 0.15) is 34.8 Å². The molecule has 0 saturated heterocycles. The number of carbonyl (C=O) groups is 1. The van der Waals surface area contributed by atoms with E-state index in [0.717, 1.165) is 18.1 Å². The van der Waals surface area contributed by atoms with Crippen molar-refractivity contribution in [2.75, 3.05) is 6.54 Å². The number of hydrogen-bond donors (Lipinski definition) is 0. The fourth-order valence-corrected chi connectivity index (χ4v) is 3.08.